The minimum atomic E-state index is -4.77. The van der Waals surface area contributed by atoms with Gasteiger partial charge in [-0.2, -0.15) is 17.9 Å². The van der Waals surface area contributed by atoms with Gasteiger partial charge in [-0.25, -0.2) is 4.98 Å². The molecule has 1 N–H and O–H groups in total. The third kappa shape index (κ3) is 5.27. The Hall–Kier alpha value is -3.77. The number of thiazole rings is 1. The lowest BCUT2D eigenvalue weighted by Gasteiger charge is -2.34. The first-order valence-electron chi connectivity index (χ1n) is 12.1. The van der Waals surface area contributed by atoms with E-state index in [1.807, 2.05) is 18.2 Å². The molecule has 12 heteroatoms. The number of alkyl halides is 3. The fourth-order valence-electron chi connectivity index (χ4n) is 4.44. The highest BCUT2D eigenvalue weighted by Crippen LogP contribution is 2.31. The molecule has 8 nitrogen and oxygen atoms in total. The van der Waals surface area contributed by atoms with E-state index in [-0.39, 0.29) is 23.3 Å². The zero-order valence-corrected chi connectivity index (χ0v) is 21.3. The number of benzene rings is 2. The Morgan fingerprint density at radius 1 is 1.05 bits per heavy atom. The number of H-pyrrole nitrogens is 1. The molecule has 38 heavy (non-hydrogen) atoms. The highest BCUT2D eigenvalue weighted by Gasteiger charge is 2.39. The second-order valence-corrected chi connectivity index (χ2v) is 9.94. The van der Waals surface area contributed by atoms with Crippen molar-refractivity contribution in [3.05, 3.63) is 81.8 Å². The van der Waals surface area contributed by atoms with E-state index >= 15 is 0 Å². The summed E-state index contributed by atoms with van der Waals surface area (Å²) in [6.07, 6.45) is -4.77. The number of para-hydroxylation sites is 1. The Balaban J connectivity index is 1.28. The van der Waals surface area contributed by atoms with Gasteiger partial charge in [-0.15, -0.1) is 0 Å². The SMILES string of the molecule is CC(=NCCN1CCN(C(=O)c2ccccc2)CC1)c1c(C(F)(F)F)[nH]n(-c2nc3ccccc3s2)c1=O. The van der Waals surface area contributed by atoms with E-state index in [2.05, 4.69) is 20.0 Å². The largest absolute Gasteiger partial charge is 0.433 e. The second kappa shape index (κ2) is 10.5. The maximum absolute atomic E-state index is 13.9. The lowest BCUT2D eigenvalue weighted by molar-refractivity contribution is -0.141. The van der Waals surface area contributed by atoms with E-state index in [1.165, 1.54) is 6.92 Å². The summed E-state index contributed by atoms with van der Waals surface area (Å²) >= 11 is 1.12. The Morgan fingerprint density at radius 2 is 1.74 bits per heavy atom. The quantitative estimate of drug-likeness (QED) is 0.373. The van der Waals surface area contributed by atoms with Crippen molar-refractivity contribution >= 4 is 33.2 Å². The van der Waals surface area contributed by atoms with Crippen LogP contribution in [0.3, 0.4) is 0 Å². The van der Waals surface area contributed by atoms with Crippen LogP contribution in [0.4, 0.5) is 13.2 Å². The first kappa shape index (κ1) is 25.9. The van der Waals surface area contributed by atoms with Crippen LogP contribution in [0.25, 0.3) is 15.3 Å². The zero-order valence-electron chi connectivity index (χ0n) is 20.5. The van der Waals surface area contributed by atoms with Crippen LogP contribution in [-0.2, 0) is 6.18 Å². The third-order valence-corrected chi connectivity index (χ3v) is 7.48. The Labute approximate surface area is 220 Å². The molecule has 2 aromatic heterocycles. The van der Waals surface area contributed by atoms with Gasteiger partial charge in [-0.1, -0.05) is 41.7 Å². The molecule has 1 fully saturated rings. The van der Waals surface area contributed by atoms with Crippen LogP contribution in [0.5, 0.6) is 0 Å². The van der Waals surface area contributed by atoms with Crippen molar-refractivity contribution in [3.63, 3.8) is 0 Å². The molecule has 2 aromatic carbocycles. The molecule has 0 atom stereocenters. The van der Waals surface area contributed by atoms with Crippen molar-refractivity contribution in [2.45, 2.75) is 13.1 Å². The molecule has 1 amide bonds. The molecule has 0 unspecified atom stereocenters. The van der Waals surface area contributed by atoms with E-state index in [4.69, 9.17) is 0 Å². The summed E-state index contributed by atoms with van der Waals surface area (Å²) in [6.45, 7) is 4.52. The summed E-state index contributed by atoms with van der Waals surface area (Å²) in [5.41, 5.74) is -1.24. The number of carbonyl (C=O) groups excluding carboxylic acids is 1. The van der Waals surface area contributed by atoms with E-state index in [0.717, 1.165) is 20.7 Å². The average molecular weight is 543 g/mol. The molecule has 3 heterocycles. The molecule has 5 rings (SSSR count). The number of aromatic nitrogens is 3. The smallest absolute Gasteiger partial charge is 0.336 e. The van der Waals surface area contributed by atoms with Crippen molar-refractivity contribution in [2.75, 3.05) is 39.3 Å². The monoisotopic (exact) mass is 542 g/mol. The number of rotatable bonds is 6. The fraction of sp³-hybridized carbons (Fsp3) is 0.308. The molecule has 0 spiro atoms. The topological polar surface area (TPSA) is 86.6 Å². The third-order valence-electron chi connectivity index (χ3n) is 6.46. The summed E-state index contributed by atoms with van der Waals surface area (Å²) in [5, 5.41) is 2.34. The predicted octanol–water partition coefficient (Wildman–Crippen LogP) is 4.06. The number of hydrogen-bond donors (Lipinski definition) is 1. The lowest BCUT2D eigenvalue weighted by Crippen LogP contribution is -2.49. The van der Waals surface area contributed by atoms with Gasteiger partial charge in [-0.3, -0.25) is 24.6 Å². The molecule has 0 saturated carbocycles. The second-order valence-electron chi connectivity index (χ2n) is 8.93. The van der Waals surface area contributed by atoms with Gasteiger partial charge in [0.15, 0.2) is 5.69 Å². The van der Waals surface area contributed by atoms with Gasteiger partial charge in [0.1, 0.15) is 0 Å². The Morgan fingerprint density at radius 3 is 2.42 bits per heavy atom. The number of nitrogens with zero attached hydrogens (tertiary/aromatic N) is 5. The average Bonchev–Trinajstić information content (AvgIpc) is 3.50. The van der Waals surface area contributed by atoms with Crippen molar-refractivity contribution in [3.8, 4) is 5.13 Å². The molecule has 1 aliphatic heterocycles. The number of fused-ring (bicyclic) bond motifs is 1. The van der Waals surface area contributed by atoms with Gasteiger partial charge in [-0.05, 0) is 31.2 Å². The molecule has 1 aliphatic rings. The van der Waals surface area contributed by atoms with Gasteiger partial charge in [0.25, 0.3) is 11.5 Å². The number of carbonyl (C=O) groups is 1. The first-order valence-corrected chi connectivity index (χ1v) is 12.9. The minimum Gasteiger partial charge on any atom is -0.336 e. The summed E-state index contributed by atoms with van der Waals surface area (Å²) < 4.78 is 43.2. The number of halogens is 3. The van der Waals surface area contributed by atoms with Crippen LogP contribution in [0.15, 0.2) is 64.4 Å². The van der Waals surface area contributed by atoms with E-state index in [1.54, 1.807) is 41.3 Å². The maximum Gasteiger partial charge on any atom is 0.433 e. The molecule has 1 saturated heterocycles. The van der Waals surface area contributed by atoms with Crippen molar-refractivity contribution < 1.29 is 18.0 Å². The number of amides is 1. The van der Waals surface area contributed by atoms with E-state index in [9.17, 15) is 22.8 Å². The van der Waals surface area contributed by atoms with Gasteiger partial charge in [0.05, 0.1) is 22.3 Å². The summed E-state index contributed by atoms with van der Waals surface area (Å²) in [5.74, 6) is -0.0179. The van der Waals surface area contributed by atoms with Crippen molar-refractivity contribution in [2.24, 2.45) is 4.99 Å². The van der Waals surface area contributed by atoms with Gasteiger partial charge < -0.3 is 4.90 Å². The Kier molecular flexibility index (Phi) is 7.17. The fourth-order valence-corrected chi connectivity index (χ4v) is 5.37. The van der Waals surface area contributed by atoms with Crippen LogP contribution in [0.1, 0.15) is 28.5 Å². The normalized spacial score (nSPS) is 15.4. The molecular formula is C26H25F3N6O2S. The summed E-state index contributed by atoms with van der Waals surface area (Å²) in [6, 6.07) is 16.2. The van der Waals surface area contributed by atoms with Gasteiger partial charge in [0, 0.05) is 44.0 Å². The highest BCUT2D eigenvalue weighted by atomic mass is 32.1. The number of nitrogens with one attached hydrogen (secondary N) is 1. The van der Waals surface area contributed by atoms with Crippen LogP contribution in [-0.4, -0.2) is 75.5 Å². The Bertz CT molecular complexity index is 1500. The summed E-state index contributed by atoms with van der Waals surface area (Å²) in [4.78, 5) is 38.3. The highest BCUT2D eigenvalue weighted by molar-refractivity contribution is 7.20. The van der Waals surface area contributed by atoms with Crippen LogP contribution in [0, 0.1) is 0 Å². The molecule has 0 radical (unpaired) electrons. The van der Waals surface area contributed by atoms with Gasteiger partial charge in [0.2, 0.25) is 5.13 Å². The van der Waals surface area contributed by atoms with Crippen LogP contribution >= 0.6 is 11.3 Å². The maximum atomic E-state index is 13.9. The first-order chi connectivity index (χ1) is 18.2. The van der Waals surface area contributed by atoms with E-state index < -0.39 is 23.0 Å². The number of hydrogen-bond acceptors (Lipinski definition) is 6. The number of aliphatic imine (C=N–C) groups is 1. The minimum absolute atomic E-state index is 0.0105. The van der Waals surface area contributed by atoms with Crippen LogP contribution in [0.2, 0.25) is 0 Å². The predicted molar refractivity (Wildman–Crippen MR) is 140 cm³/mol. The van der Waals surface area contributed by atoms with E-state index in [0.29, 0.717) is 43.8 Å². The number of aromatic amines is 1. The molecule has 0 bridgehead atoms. The lowest BCUT2D eigenvalue weighted by atomic mass is 10.1. The van der Waals surface area contributed by atoms with Gasteiger partial charge >= 0.3 is 6.18 Å². The zero-order chi connectivity index (χ0) is 26.9. The van der Waals surface area contributed by atoms with Crippen molar-refractivity contribution in [1.29, 1.82) is 0 Å². The van der Waals surface area contributed by atoms with Crippen molar-refractivity contribution in [1.82, 2.24) is 24.6 Å². The molecular weight excluding hydrogens is 517 g/mol. The number of piperazine rings is 1. The molecule has 4 aromatic rings. The standard InChI is InChI=1S/C26H25F3N6O2S/c1-17(30-11-12-33-13-15-34(16-14-33)23(36)18-7-3-2-4-8-18)21-22(26(27,28)29)32-35(24(21)37)25-31-19-9-5-6-10-20(19)38-25/h2-10,32H,11-16H2,1H3. The summed E-state index contributed by atoms with van der Waals surface area (Å²) in [7, 11) is 0. The molecule has 0 aliphatic carbocycles. The molecule has 198 valence electrons. The van der Waals surface area contributed by atoms with Crippen LogP contribution < -0.4 is 5.56 Å².